The molecule has 0 radical (unpaired) electrons. The molecule has 15 heavy (non-hydrogen) atoms. The second kappa shape index (κ2) is 5.47. The Labute approximate surface area is 90.0 Å². The SMILES string of the molecule is C=CC=C(C=C)C(=O)NS(=O)(=O)N(C)C. The van der Waals surface area contributed by atoms with Crippen molar-refractivity contribution < 1.29 is 13.2 Å². The molecule has 0 aliphatic rings. The van der Waals surface area contributed by atoms with Crippen LogP contribution in [0, 0.1) is 0 Å². The van der Waals surface area contributed by atoms with Gasteiger partial charge in [0.15, 0.2) is 0 Å². The highest BCUT2D eigenvalue weighted by Gasteiger charge is 2.17. The van der Waals surface area contributed by atoms with Gasteiger partial charge in [-0.05, 0) is 0 Å². The minimum absolute atomic E-state index is 0.135. The third-order valence-corrected chi connectivity index (χ3v) is 2.89. The van der Waals surface area contributed by atoms with Crippen molar-refractivity contribution in [3.8, 4) is 0 Å². The largest absolute Gasteiger partial charge is 0.303 e. The van der Waals surface area contributed by atoms with E-state index in [2.05, 4.69) is 13.2 Å². The molecule has 0 spiro atoms. The van der Waals surface area contributed by atoms with E-state index in [1.165, 1.54) is 32.3 Å². The molecule has 0 heterocycles. The number of carbonyl (C=O) groups excluding carboxylic acids is 1. The molecule has 6 heteroatoms. The topological polar surface area (TPSA) is 66.5 Å². The van der Waals surface area contributed by atoms with Gasteiger partial charge in [-0.25, -0.2) is 4.72 Å². The smallest absolute Gasteiger partial charge is 0.268 e. The van der Waals surface area contributed by atoms with Gasteiger partial charge in [0.2, 0.25) is 0 Å². The highest BCUT2D eigenvalue weighted by atomic mass is 32.2. The van der Waals surface area contributed by atoms with Crippen LogP contribution in [0.4, 0.5) is 0 Å². The first-order valence-corrected chi connectivity index (χ1v) is 5.49. The number of hydrogen-bond donors (Lipinski definition) is 1. The molecule has 0 aliphatic carbocycles. The van der Waals surface area contributed by atoms with Crippen molar-refractivity contribution >= 4 is 16.1 Å². The van der Waals surface area contributed by atoms with Crippen LogP contribution >= 0.6 is 0 Å². The molecule has 0 rings (SSSR count). The zero-order valence-electron chi connectivity index (χ0n) is 8.73. The molecule has 0 fully saturated rings. The van der Waals surface area contributed by atoms with Crippen LogP contribution in [-0.4, -0.2) is 32.7 Å². The molecule has 5 nitrogen and oxygen atoms in total. The highest BCUT2D eigenvalue weighted by Crippen LogP contribution is 1.98. The van der Waals surface area contributed by atoms with Gasteiger partial charge >= 0.3 is 10.2 Å². The first kappa shape index (κ1) is 13.6. The molecule has 0 aliphatic heterocycles. The molecule has 0 bridgehead atoms. The van der Waals surface area contributed by atoms with E-state index < -0.39 is 16.1 Å². The minimum atomic E-state index is -3.76. The van der Waals surface area contributed by atoms with Crippen LogP contribution in [0.1, 0.15) is 0 Å². The summed E-state index contributed by atoms with van der Waals surface area (Å²) in [6.07, 6.45) is 3.99. The summed E-state index contributed by atoms with van der Waals surface area (Å²) in [5.74, 6) is -0.737. The van der Waals surface area contributed by atoms with Gasteiger partial charge in [-0.15, -0.1) is 0 Å². The van der Waals surface area contributed by atoms with Crippen LogP contribution < -0.4 is 4.72 Å². The van der Waals surface area contributed by atoms with Crippen molar-refractivity contribution in [2.75, 3.05) is 14.1 Å². The van der Waals surface area contributed by atoms with Crippen molar-refractivity contribution in [3.05, 3.63) is 37.0 Å². The third kappa shape index (κ3) is 4.09. The van der Waals surface area contributed by atoms with E-state index in [1.807, 2.05) is 4.72 Å². The van der Waals surface area contributed by atoms with Crippen LogP contribution in [0.15, 0.2) is 37.0 Å². The van der Waals surface area contributed by atoms with Crippen molar-refractivity contribution in [2.24, 2.45) is 0 Å². The monoisotopic (exact) mass is 230 g/mol. The Balaban J connectivity index is 4.85. The predicted octanol–water partition coefficient (Wildman–Crippen LogP) is 0.207. The van der Waals surface area contributed by atoms with E-state index >= 15 is 0 Å². The van der Waals surface area contributed by atoms with Gasteiger partial charge in [0, 0.05) is 19.7 Å². The van der Waals surface area contributed by atoms with Crippen LogP contribution in [0.3, 0.4) is 0 Å². The molecule has 0 saturated carbocycles. The summed E-state index contributed by atoms with van der Waals surface area (Å²) in [5.41, 5.74) is 0.135. The number of nitrogens with zero attached hydrogens (tertiary/aromatic N) is 1. The zero-order chi connectivity index (χ0) is 12.1. The van der Waals surface area contributed by atoms with Crippen LogP contribution in [0.2, 0.25) is 0 Å². The fourth-order valence-corrected chi connectivity index (χ4v) is 1.17. The molecule has 0 aromatic heterocycles. The minimum Gasteiger partial charge on any atom is -0.268 e. The van der Waals surface area contributed by atoms with Crippen molar-refractivity contribution in [3.63, 3.8) is 0 Å². The van der Waals surface area contributed by atoms with E-state index in [1.54, 1.807) is 0 Å². The maximum Gasteiger partial charge on any atom is 0.303 e. The van der Waals surface area contributed by atoms with Gasteiger partial charge in [0.25, 0.3) is 5.91 Å². The predicted molar refractivity (Wildman–Crippen MR) is 59.2 cm³/mol. The van der Waals surface area contributed by atoms with E-state index in [-0.39, 0.29) is 5.57 Å². The average molecular weight is 230 g/mol. The molecule has 0 aromatic carbocycles. The van der Waals surface area contributed by atoms with E-state index in [9.17, 15) is 13.2 Å². The molecule has 0 atom stereocenters. The van der Waals surface area contributed by atoms with Gasteiger partial charge in [0.1, 0.15) is 0 Å². The number of carbonyl (C=O) groups is 1. The molecule has 84 valence electrons. The molecule has 0 saturated heterocycles. The number of allylic oxidation sites excluding steroid dienone is 2. The fraction of sp³-hybridized carbons (Fsp3) is 0.222. The first-order valence-electron chi connectivity index (χ1n) is 4.05. The standard InChI is InChI=1S/C9H14N2O3S/c1-5-7-8(6-2)9(12)10-15(13,14)11(3)4/h5-7H,1-2H2,3-4H3,(H,10,12). The van der Waals surface area contributed by atoms with Crippen molar-refractivity contribution in [1.82, 2.24) is 9.03 Å². The summed E-state index contributed by atoms with van der Waals surface area (Å²) in [7, 11) is -1.12. The Kier molecular flexibility index (Phi) is 4.96. The second-order valence-corrected chi connectivity index (χ2v) is 4.67. The van der Waals surface area contributed by atoms with Gasteiger partial charge in [-0.2, -0.15) is 12.7 Å². The van der Waals surface area contributed by atoms with E-state index in [4.69, 9.17) is 0 Å². The number of amides is 1. The Hall–Kier alpha value is -1.40. The maximum absolute atomic E-state index is 11.4. The molecular formula is C9H14N2O3S. The van der Waals surface area contributed by atoms with Gasteiger partial charge in [-0.1, -0.05) is 31.4 Å². The Bertz CT molecular complexity index is 394. The fourth-order valence-electron chi connectivity index (χ4n) is 0.631. The Morgan fingerprint density at radius 2 is 1.87 bits per heavy atom. The van der Waals surface area contributed by atoms with Crippen molar-refractivity contribution in [1.29, 1.82) is 0 Å². The summed E-state index contributed by atoms with van der Waals surface area (Å²) < 4.78 is 25.3. The third-order valence-electron chi connectivity index (χ3n) is 1.48. The quantitative estimate of drug-likeness (QED) is 0.542. The second-order valence-electron chi connectivity index (χ2n) is 2.78. The lowest BCUT2D eigenvalue weighted by atomic mass is 10.2. The summed E-state index contributed by atoms with van der Waals surface area (Å²) in [5, 5.41) is 0. The lowest BCUT2D eigenvalue weighted by Crippen LogP contribution is -2.39. The summed E-state index contributed by atoms with van der Waals surface area (Å²) >= 11 is 0. The molecular weight excluding hydrogens is 216 g/mol. The summed E-state index contributed by atoms with van der Waals surface area (Å²) in [4.78, 5) is 11.4. The van der Waals surface area contributed by atoms with Gasteiger partial charge < -0.3 is 0 Å². The van der Waals surface area contributed by atoms with Crippen molar-refractivity contribution in [2.45, 2.75) is 0 Å². The molecule has 0 unspecified atom stereocenters. The normalized spacial score (nSPS) is 12.3. The number of rotatable bonds is 5. The maximum atomic E-state index is 11.4. The molecule has 0 aromatic rings. The molecule has 1 amide bonds. The first-order chi connectivity index (χ1) is 6.85. The Morgan fingerprint density at radius 3 is 2.20 bits per heavy atom. The van der Waals surface area contributed by atoms with Gasteiger partial charge in [0.05, 0.1) is 0 Å². The lowest BCUT2D eigenvalue weighted by molar-refractivity contribution is -0.115. The van der Waals surface area contributed by atoms with Crippen LogP contribution in [0.25, 0.3) is 0 Å². The Morgan fingerprint density at radius 1 is 1.33 bits per heavy atom. The summed E-state index contributed by atoms with van der Waals surface area (Å²) in [6, 6.07) is 0. The average Bonchev–Trinajstić information content (AvgIpc) is 2.12. The van der Waals surface area contributed by atoms with Gasteiger partial charge in [-0.3, -0.25) is 4.79 Å². The van der Waals surface area contributed by atoms with E-state index in [0.29, 0.717) is 0 Å². The highest BCUT2D eigenvalue weighted by molar-refractivity contribution is 7.87. The number of nitrogens with one attached hydrogen (secondary N) is 1. The zero-order valence-corrected chi connectivity index (χ0v) is 9.54. The van der Waals surface area contributed by atoms with Crippen LogP contribution in [0.5, 0.6) is 0 Å². The number of hydrogen-bond acceptors (Lipinski definition) is 3. The lowest BCUT2D eigenvalue weighted by Gasteiger charge is -2.12. The van der Waals surface area contributed by atoms with Crippen LogP contribution in [-0.2, 0) is 15.0 Å². The van der Waals surface area contributed by atoms with E-state index in [0.717, 1.165) is 4.31 Å². The summed E-state index contributed by atoms with van der Waals surface area (Å²) in [6.45, 7) is 6.79. The molecule has 1 N–H and O–H groups in total.